The molecular weight excluding hydrogens is 627 g/mol. The molecule has 0 radical (unpaired) electrons. The molecule has 0 heterocycles. The van der Waals surface area contributed by atoms with Gasteiger partial charge in [-0.25, -0.2) is 0 Å². The number of hydrogen-bond acceptors (Lipinski definition) is 4. The molecule has 0 saturated heterocycles. The summed E-state index contributed by atoms with van der Waals surface area (Å²) in [5.41, 5.74) is 5.47. The first-order valence-electron chi connectivity index (χ1n) is 12.4. The molecule has 1 saturated carbocycles. The Hall–Kier alpha value is -0.846. The normalized spacial score (nSPS) is 28.0. The molecule has 7 heteroatoms. The molecule has 198 valence electrons. The number of nitrogens with zero attached hydrogens (tertiary/aromatic N) is 2. The minimum absolute atomic E-state index is 0.0347. The first-order valence-corrected chi connectivity index (χ1v) is 17.3. The van der Waals surface area contributed by atoms with Gasteiger partial charge < -0.3 is 9.47 Å². The summed E-state index contributed by atoms with van der Waals surface area (Å²) in [4.78, 5) is 10.3. The van der Waals surface area contributed by atoms with Gasteiger partial charge in [-0.3, -0.25) is 9.98 Å². The summed E-state index contributed by atoms with van der Waals surface area (Å²) >= 11 is 6.00. The third-order valence-electron chi connectivity index (χ3n) is 7.23. The summed E-state index contributed by atoms with van der Waals surface area (Å²) in [6, 6.07) is 18.0. The van der Waals surface area contributed by atoms with Crippen LogP contribution in [-0.4, -0.2) is 48.9 Å². The van der Waals surface area contributed by atoms with Crippen LogP contribution in [0.2, 0.25) is 0 Å². The zero-order chi connectivity index (χ0) is 26.1. The molecule has 3 aliphatic carbocycles. The Morgan fingerprint density at radius 2 is 1.11 bits per heavy atom. The molecule has 1 fully saturated rings. The van der Waals surface area contributed by atoms with Gasteiger partial charge >= 0.3 is 39.3 Å². The van der Waals surface area contributed by atoms with Gasteiger partial charge in [0.15, 0.2) is 0 Å². The molecule has 3 aliphatic rings. The molecule has 2 unspecified atom stereocenters. The van der Waals surface area contributed by atoms with E-state index < -0.39 is 0 Å². The summed E-state index contributed by atoms with van der Waals surface area (Å²) in [6.07, 6.45) is 3.93. The SMILES string of the molecule is CC(C)(C)OCC=N[C@@H]1C2c3ccccc3C23c2ccccc2C3[C@H]1N=CCOC(C)(C)C.[Br][Ni][Br]. The number of rotatable bonds is 6. The fourth-order valence-electron chi connectivity index (χ4n) is 6.19. The molecule has 5 rings (SSSR count). The van der Waals surface area contributed by atoms with E-state index in [0.717, 1.165) is 0 Å². The Labute approximate surface area is 236 Å². The Balaban J connectivity index is 0.000000967. The molecule has 0 aliphatic heterocycles. The van der Waals surface area contributed by atoms with E-state index in [-0.39, 0.29) is 28.7 Å². The average Bonchev–Trinajstić information content (AvgIpc) is 2.98. The molecule has 0 N–H and O–H groups in total. The molecular formula is C29H36Br2N2NiO2. The summed E-state index contributed by atoms with van der Waals surface area (Å²) in [7, 11) is 1.25. The van der Waals surface area contributed by atoms with Crippen LogP contribution in [0.25, 0.3) is 0 Å². The van der Waals surface area contributed by atoms with Crippen molar-refractivity contribution in [3.05, 3.63) is 70.8 Å². The van der Waals surface area contributed by atoms with Crippen LogP contribution in [0.1, 0.15) is 75.6 Å². The van der Waals surface area contributed by atoms with Crippen LogP contribution in [0.15, 0.2) is 58.5 Å². The van der Waals surface area contributed by atoms with Crippen LogP contribution in [-0.2, 0) is 25.8 Å². The van der Waals surface area contributed by atoms with E-state index >= 15 is 0 Å². The Bertz CT molecular complexity index is 1040. The minimum atomic E-state index is -0.177. The predicted octanol–water partition coefficient (Wildman–Crippen LogP) is 7.38. The van der Waals surface area contributed by atoms with E-state index in [9.17, 15) is 0 Å². The Morgan fingerprint density at radius 1 is 0.750 bits per heavy atom. The van der Waals surface area contributed by atoms with Crippen LogP contribution < -0.4 is 0 Å². The maximum absolute atomic E-state index is 5.93. The molecule has 1 spiro atoms. The third-order valence-corrected chi connectivity index (χ3v) is 7.23. The van der Waals surface area contributed by atoms with E-state index in [1.165, 1.54) is 33.2 Å². The number of hydrogen-bond donors (Lipinski definition) is 0. The van der Waals surface area contributed by atoms with Crippen LogP contribution in [0.3, 0.4) is 0 Å². The van der Waals surface area contributed by atoms with Crippen LogP contribution in [0.4, 0.5) is 0 Å². The van der Waals surface area contributed by atoms with Gasteiger partial charge in [0, 0.05) is 29.7 Å². The van der Waals surface area contributed by atoms with Gasteiger partial charge in [0.1, 0.15) is 0 Å². The molecule has 4 atom stereocenters. The van der Waals surface area contributed by atoms with E-state index in [1.807, 2.05) is 12.4 Å². The third kappa shape index (κ3) is 5.20. The van der Waals surface area contributed by atoms with Gasteiger partial charge in [-0.15, -0.1) is 0 Å². The second kappa shape index (κ2) is 11.1. The fourth-order valence-corrected chi connectivity index (χ4v) is 6.19. The van der Waals surface area contributed by atoms with E-state index in [0.29, 0.717) is 25.0 Å². The topological polar surface area (TPSA) is 43.2 Å². The summed E-state index contributed by atoms with van der Waals surface area (Å²) in [6.45, 7) is 13.5. The van der Waals surface area contributed by atoms with E-state index in [4.69, 9.17) is 19.5 Å². The van der Waals surface area contributed by atoms with Crippen LogP contribution >= 0.6 is 28.5 Å². The first-order chi connectivity index (χ1) is 17.1. The van der Waals surface area contributed by atoms with E-state index in [1.54, 1.807) is 0 Å². The van der Waals surface area contributed by atoms with Crippen molar-refractivity contribution in [3.63, 3.8) is 0 Å². The monoisotopic (exact) mass is 660 g/mol. The molecule has 4 nitrogen and oxygen atoms in total. The average molecular weight is 663 g/mol. The van der Waals surface area contributed by atoms with E-state index in [2.05, 4.69) is 119 Å². The van der Waals surface area contributed by atoms with Gasteiger partial charge in [0.25, 0.3) is 0 Å². The number of benzene rings is 2. The fraction of sp³-hybridized carbons (Fsp3) is 0.517. The van der Waals surface area contributed by atoms with Gasteiger partial charge in [-0.05, 0) is 63.8 Å². The molecule has 2 aromatic carbocycles. The Kier molecular flexibility index (Phi) is 8.69. The number of fused-ring (bicyclic) bond motifs is 4. The summed E-state index contributed by atoms with van der Waals surface area (Å²) in [5.74, 6) is 0.704. The van der Waals surface area contributed by atoms with Gasteiger partial charge in [-0.2, -0.15) is 0 Å². The molecule has 0 aromatic heterocycles. The quantitative estimate of drug-likeness (QED) is 0.239. The number of aliphatic imine (C=N–C) groups is 2. The zero-order valence-corrected chi connectivity index (χ0v) is 25.9. The van der Waals surface area contributed by atoms with Gasteiger partial charge in [0.05, 0.1) is 36.5 Å². The van der Waals surface area contributed by atoms with Crippen molar-refractivity contribution < 1.29 is 20.4 Å². The van der Waals surface area contributed by atoms with Crippen molar-refractivity contribution in [2.75, 3.05) is 13.2 Å². The standard InChI is InChI=1S/C29H36N2O2.2BrH.Ni/c1-27(2,3)32-17-15-30-25-23-19-11-7-9-13-21(19)29(23)22-14-10-8-12-20(22)24(29)26(25)31-16-18-33-28(4,5)6;;;/h7-16,23-26H,17-18H2,1-6H3;2*1H;/q;;;+2/p-2/t23?,24?,25-,26-,29?;;;/m1.../s1. The van der Waals surface area contributed by atoms with Crippen LogP contribution in [0.5, 0.6) is 0 Å². The van der Waals surface area contributed by atoms with Crippen molar-refractivity contribution in [3.8, 4) is 0 Å². The molecule has 0 amide bonds. The second-order valence-corrected chi connectivity index (χ2v) is 16.5. The van der Waals surface area contributed by atoms with Crippen molar-refractivity contribution in [2.24, 2.45) is 9.98 Å². The van der Waals surface area contributed by atoms with Crippen LogP contribution in [0, 0.1) is 0 Å². The first kappa shape index (κ1) is 28.2. The maximum atomic E-state index is 5.93. The van der Waals surface area contributed by atoms with Crippen molar-refractivity contribution >= 4 is 40.9 Å². The molecule has 2 aromatic rings. The van der Waals surface area contributed by atoms with Crippen molar-refractivity contribution in [2.45, 2.75) is 82.1 Å². The predicted molar refractivity (Wildman–Crippen MR) is 153 cm³/mol. The molecule has 0 bridgehead atoms. The molecule has 36 heavy (non-hydrogen) atoms. The zero-order valence-electron chi connectivity index (χ0n) is 21.8. The summed E-state index contributed by atoms with van der Waals surface area (Å²) in [5, 5.41) is 0. The Morgan fingerprint density at radius 3 is 1.47 bits per heavy atom. The van der Waals surface area contributed by atoms with Crippen molar-refractivity contribution in [1.29, 1.82) is 0 Å². The van der Waals surface area contributed by atoms with Gasteiger partial charge in [0.2, 0.25) is 0 Å². The van der Waals surface area contributed by atoms with Gasteiger partial charge in [-0.1, -0.05) is 48.5 Å². The number of ether oxygens (including phenoxy) is 2. The number of halogens is 2. The second-order valence-electron chi connectivity index (χ2n) is 11.5. The van der Waals surface area contributed by atoms with Crippen molar-refractivity contribution in [1.82, 2.24) is 0 Å². The summed E-state index contributed by atoms with van der Waals surface area (Å²) < 4.78 is 11.9.